The topological polar surface area (TPSA) is 68.1 Å². The third-order valence-electron chi connectivity index (χ3n) is 3.33. The molecule has 6 nitrogen and oxygen atoms in total. The Morgan fingerprint density at radius 2 is 1.86 bits per heavy atom. The fraction of sp³-hybridized carbons (Fsp3) is 0.200. The number of fused-ring (bicyclic) bond motifs is 1. The molecule has 2 heterocycles. The van der Waals surface area contributed by atoms with Crippen molar-refractivity contribution in [3.8, 4) is 0 Å². The lowest BCUT2D eigenvalue weighted by Gasteiger charge is -2.13. The van der Waals surface area contributed by atoms with Crippen molar-refractivity contribution < 1.29 is 9.59 Å². The Kier molecular flexibility index (Phi) is 4.06. The number of carbonyl (C=O) groups excluding carboxylic acids is 2. The number of rotatable bonds is 6. The van der Waals surface area contributed by atoms with Gasteiger partial charge in [0.2, 0.25) is 0 Å². The van der Waals surface area contributed by atoms with Crippen LogP contribution in [0.2, 0.25) is 0 Å². The summed E-state index contributed by atoms with van der Waals surface area (Å²) in [5.41, 5.74) is 0.958. The van der Waals surface area contributed by atoms with Crippen LogP contribution in [0.15, 0.2) is 48.4 Å². The molecule has 1 aromatic heterocycles. The van der Waals surface area contributed by atoms with Gasteiger partial charge in [0, 0.05) is 18.8 Å². The summed E-state index contributed by atoms with van der Waals surface area (Å²) in [6.45, 7) is 4.65. The third-order valence-corrected chi connectivity index (χ3v) is 4.29. The van der Waals surface area contributed by atoms with Crippen LogP contribution in [0, 0.1) is 0 Å². The summed E-state index contributed by atoms with van der Waals surface area (Å²) in [7, 11) is 0. The van der Waals surface area contributed by atoms with E-state index in [9.17, 15) is 9.59 Å². The molecule has 1 aliphatic rings. The Hall–Kier alpha value is -2.41. The van der Waals surface area contributed by atoms with Crippen molar-refractivity contribution in [3.63, 3.8) is 0 Å². The molecular weight excluding hydrogens is 300 g/mol. The zero-order chi connectivity index (χ0) is 15.5. The van der Waals surface area contributed by atoms with Crippen molar-refractivity contribution >= 4 is 23.6 Å². The molecule has 0 fully saturated rings. The molecule has 2 aromatic rings. The van der Waals surface area contributed by atoms with Gasteiger partial charge in [-0.25, -0.2) is 0 Å². The van der Waals surface area contributed by atoms with Gasteiger partial charge < -0.3 is 4.57 Å². The van der Waals surface area contributed by atoms with Gasteiger partial charge in [-0.15, -0.1) is 16.8 Å². The van der Waals surface area contributed by atoms with E-state index in [1.54, 1.807) is 36.7 Å². The molecule has 1 aromatic carbocycles. The zero-order valence-corrected chi connectivity index (χ0v) is 12.6. The monoisotopic (exact) mass is 314 g/mol. The van der Waals surface area contributed by atoms with Gasteiger partial charge in [-0.2, -0.15) is 0 Å². The minimum Gasteiger partial charge on any atom is -0.305 e. The van der Waals surface area contributed by atoms with E-state index in [4.69, 9.17) is 0 Å². The Bertz CT molecular complexity index is 706. The van der Waals surface area contributed by atoms with E-state index in [1.165, 1.54) is 16.7 Å². The van der Waals surface area contributed by atoms with Crippen LogP contribution in [0.3, 0.4) is 0 Å². The average molecular weight is 314 g/mol. The van der Waals surface area contributed by atoms with Gasteiger partial charge in [-0.05, 0) is 12.1 Å². The van der Waals surface area contributed by atoms with Gasteiger partial charge in [0.05, 0.1) is 11.1 Å². The average Bonchev–Trinajstić information content (AvgIpc) is 3.06. The van der Waals surface area contributed by atoms with E-state index < -0.39 is 0 Å². The van der Waals surface area contributed by atoms with E-state index >= 15 is 0 Å². The van der Waals surface area contributed by atoms with E-state index in [1.807, 2.05) is 4.57 Å². The maximum absolute atomic E-state index is 12.2. The summed E-state index contributed by atoms with van der Waals surface area (Å²) in [5.74, 6) is 0.115. The van der Waals surface area contributed by atoms with Crippen LogP contribution >= 0.6 is 11.8 Å². The number of thioether (sulfide) groups is 1. The molecule has 22 heavy (non-hydrogen) atoms. The van der Waals surface area contributed by atoms with Crippen LogP contribution in [0.25, 0.3) is 0 Å². The second-order valence-corrected chi connectivity index (χ2v) is 5.77. The fourth-order valence-corrected chi connectivity index (χ4v) is 3.14. The lowest BCUT2D eigenvalue weighted by atomic mass is 10.1. The van der Waals surface area contributed by atoms with Crippen molar-refractivity contribution in [2.75, 3.05) is 12.3 Å². The van der Waals surface area contributed by atoms with E-state index in [-0.39, 0.29) is 11.8 Å². The van der Waals surface area contributed by atoms with Crippen LogP contribution in [-0.2, 0) is 6.54 Å². The molecule has 0 saturated heterocycles. The number of hydrogen-bond donors (Lipinski definition) is 0. The minimum absolute atomic E-state index is 0.228. The van der Waals surface area contributed by atoms with E-state index in [2.05, 4.69) is 16.8 Å². The number of imide groups is 1. The highest BCUT2D eigenvalue weighted by molar-refractivity contribution is 7.99. The standard InChI is InChI=1S/C15H14N4O2S/c1-2-7-18-10-16-17-15(18)22-9-8-19-13(20)11-5-3-4-6-12(11)14(19)21/h2-6,10H,1,7-9H2. The van der Waals surface area contributed by atoms with Crippen molar-refractivity contribution in [2.45, 2.75) is 11.7 Å². The maximum atomic E-state index is 12.2. The predicted octanol–water partition coefficient (Wildman–Crippen LogP) is 1.85. The van der Waals surface area contributed by atoms with E-state index in [0.717, 1.165) is 5.16 Å². The smallest absolute Gasteiger partial charge is 0.261 e. The van der Waals surface area contributed by atoms with Gasteiger partial charge in [0.15, 0.2) is 5.16 Å². The van der Waals surface area contributed by atoms with Crippen molar-refractivity contribution in [1.82, 2.24) is 19.7 Å². The second-order valence-electron chi connectivity index (χ2n) is 4.71. The highest BCUT2D eigenvalue weighted by Gasteiger charge is 2.34. The zero-order valence-electron chi connectivity index (χ0n) is 11.8. The molecular formula is C15H14N4O2S. The molecule has 0 N–H and O–H groups in total. The number of allylic oxidation sites excluding steroid dienone is 1. The molecule has 0 saturated carbocycles. The SMILES string of the molecule is C=CCn1cnnc1SCCN1C(=O)c2ccccc2C1=O. The summed E-state index contributed by atoms with van der Waals surface area (Å²) >= 11 is 1.46. The minimum atomic E-state index is -0.228. The number of amides is 2. The first-order valence-corrected chi connectivity index (χ1v) is 7.77. The van der Waals surface area contributed by atoms with Crippen LogP contribution in [-0.4, -0.2) is 43.8 Å². The second kappa shape index (κ2) is 6.15. The first-order chi connectivity index (χ1) is 10.7. The molecule has 0 spiro atoms. The Morgan fingerprint density at radius 1 is 1.18 bits per heavy atom. The van der Waals surface area contributed by atoms with Crippen molar-refractivity contribution in [2.24, 2.45) is 0 Å². The first kappa shape index (κ1) is 14.5. The van der Waals surface area contributed by atoms with Gasteiger partial charge in [-0.3, -0.25) is 14.5 Å². The van der Waals surface area contributed by atoms with Crippen LogP contribution in [0.5, 0.6) is 0 Å². The number of nitrogens with zero attached hydrogens (tertiary/aromatic N) is 4. The van der Waals surface area contributed by atoms with Crippen molar-refractivity contribution in [3.05, 3.63) is 54.4 Å². The molecule has 0 bridgehead atoms. The van der Waals surface area contributed by atoms with Crippen LogP contribution in [0.1, 0.15) is 20.7 Å². The summed E-state index contributed by atoms with van der Waals surface area (Å²) in [6.07, 6.45) is 3.39. The largest absolute Gasteiger partial charge is 0.305 e. The Balaban J connectivity index is 1.63. The van der Waals surface area contributed by atoms with Crippen LogP contribution in [0.4, 0.5) is 0 Å². The lowest BCUT2D eigenvalue weighted by Crippen LogP contribution is -2.31. The highest BCUT2D eigenvalue weighted by atomic mass is 32.2. The molecule has 0 radical (unpaired) electrons. The molecule has 7 heteroatoms. The van der Waals surface area contributed by atoms with Gasteiger partial charge >= 0.3 is 0 Å². The van der Waals surface area contributed by atoms with Gasteiger partial charge in [-0.1, -0.05) is 30.0 Å². The third kappa shape index (κ3) is 2.55. The molecule has 112 valence electrons. The molecule has 0 atom stereocenters. The fourth-order valence-electron chi connectivity index (χ4n) is 2.29. The number of carbonyl (C=O) groups is 2. The predicted molar refractivity (Wildman–Crippen MR) is 82.8 cm³/mol. The normalized spacial score (nSPS) is 13.5. The summed E-state index contributed by atoms with van der Waals surface area (Å²) in [6, 6.07) is 6.90. The molecule has 2 amide bonds. The maximum Gasteiger partial charge on any atom is 0.261 e. The number of benzene rings is 1. The molecule has 0 aliphatic carbocycles. The molecule has 3 rings (SSSR count). The number of aromatic nitrogens is 3. The van der Waals surface area contributed by atoms with Gasteiger partial charge in [0.1, 0.15) is 6.33 Å². The quantitative estimate of drug-likeness (QED) is 0.462. The summed E-state index contributed by atoms with van der Waals surface area (Å²) in [4.78, 5) is 25.7. The molecule has 1 aliphatic heterocycles. The molecule has 0 unspecified atom stereocenters. The van der Waals surface area contributed by atoms with Gasteiger partial charge in [0.25, 0.3) is 11.8 Å². The lowest BCUT2D eigenvalue weighted by molar-refractivity contribution is 0.0664. The van der Waals surface area contributed by atoms with Crippen molar-refractivity contribution in [1.29, 1.82) is 0 Å². The Labute approximate surface area is 131 Å². The van der Waals surface area contributed by atoms with Crippen LogP contribution < -0.4 is 0 Å². The highest BCUT2D eigenvalue weighted by Crippen LogP contribution is 2.23. The summed E-state index contributed by atoms with van der Waals surface area (Å²) in [5, 5.41) is 8.61. The Morgan fingerprint density at radius 3 is 2.50 bits per heavy atom. The number of hydrogen-bond acceptors (Lipinski definition) is 5. The van der Waals surface area contributed by atoms with E-state index in [0.29, 0.717) is 30.0 Å². The first-order valence-electron chi connectivity index (χ1n) is 6.79. The summed E-state index contributed by atoms with van der Waals surface area (Å²) < 4.78 is 1.86.